The van der Waals surface area contributed by atoms with Crippen LogP contribution in [0.4, 0.5) is 5.69 Å². The van der Waals surface area contributed by atoms with Crippen molar-refractivity contribution in [2.75, 3.05) is 13.2 Å². The Morgan fingerprint density at radius 1 is 1.13 bits per heavy atom. The zero-order valence-corrected chi connectivity index (χ0v) is 24.3. The summed E-state index contributed by atoms with van der Waals surface area (Å²) in [5, 5.41) is 10.4. The molecule has 1 aliphatic rings. The van der Waals surface area contributed by atoms with Gasteiger partial charge in [-0.05, 0) is 108 Å². The van der Waals surface area contributed by atoms with Gasteiger partial charge in [-0.1, -0.05) is 29.8 Å². The van der Waals surface area contributed by atoms with E-state index in [0.717, 1.165) is 14.7 Å². The molecule has 0 spiro atoms. The molecule has 1 heterocycles. The Labute approximate surface area is 243 Å². The number of hydrogen-bond acceptors (Lipinski definition) is 6. The number of amidine groups is 1. The van der Waals surface area contributed by atoms with Crippen LogP contribution in [0.15, 0.2) is 70.6 Å². The van der Waals surface area contributed by atoms with Crippen LogP contribution >= 0.6 is 46.0 Å². The quantitative estimate of drug-likeness (QED) is 0.192. The first-order chi connectivity index (χ1) is 18.3. The molecule has 0 bridgehead atoms. The van der Waals surface area contributed by atoms with E-state index >= 15 is 0 Å². The highest BCUT2D eigenvalue weighted by atomic mass is 127. The molecule has 4 rings (SSSR count). The van der Waals surface area contributed by atoms with Crippen LogP contribution in [0.1, 0.15) is 35.3 Å². The number of hydrogen-bond donors (Lipinski definition) is 1. The third kappa shape index (κ3) is 6.69. The number of carbonyl (C=O) groups is 2. The van der Waals surface area contributed by atoms with Crippen molar-refractivity contribution in [3.05, 3.63) is 90.9 Å². The minimum Gasteiger partial charge on any atom is -0.490 e. The minimum atomic E-state index is -1.03. The molecule has 10 heteroatoms. The highest BCUT2D eigenvalue weighted by molar-refractivity contribution is 14.1. The van der Waals surface area contributed by atoms with Gasteiger partial charge in [-0.25, -0.2) is 9.79 Å². The molecular formula is C28H24ClIN2O5S. The Bertz CT molecular complexity index is 1440. The second-order valence-corrected chi connectivity index (χ2v) is 10.7. The fourth-order valence-corrected chi connectivity index (χ4v) is 5.75. The summed E-state index contributed by atoms with van der Waals surface area (Å²) in [5.74, 6) is 0.000829. The molecule has 7 nitrogen and oxygen atoms in total. The number of nitrogens with zero attached hydrogens (tertiary/aromatic N) is 2. The molecule has 0 atom stereocenters. The van der Waals surface area contributed by atoms with Crippen molar-refractivity contribution in [3.8, 4) is 11.5 Å². The first-order valence-corrected chi connectivity index (χ1v) is 14.0. The predicted octanol–water partition coefficient (Wildman–Crippen LogP) is 7.24. The maximum absolute atomic E-state index is 13.2. The van der Waals surface area contributed by atoms with Crippen LogP contribution < -0.4 is 9.47 Å². The summed E-state index contributed by atoms with van der Waals surface area (Å²) in [5.41, 5.74) is 2.33. The lowest BCUT2D eigenvalue weighted by molar-refractivity contribution is -0.122. The smallest absolute Gasteiger partial charge is 0.335 e. The third-order valence-electron chi connectivity index (χ3n) is 5.42. The molecule has 1 amide bonds. The maximum atomic E-state index is 13.2. The van der Waals surface area contributed by atoms with E-state index < -0.39 is 5.97 Å². The van der Waals surface area contributed by atoms with Crippen molar-refractivity contribution < 1.29 is 24.2 Å². The Kier molecular flexibility index (Phi) is 9.35. The van der Waals surface area contributed by atoms with Crippen LogP contribution in [0, 0.1) is 3.57 Å². The van der Waals surface area contributed by atoms with Gasteiger partial charge >= 0.3 is 5.97 Å². The highest BCUT2D eigenvalue weighted by Crippen LogP contribution is 2.38. The highest BCUT2D eigenvalue weighted by Gasteiger charge is 2.32. The lowest BCUT2D eigenvalue weighted by Crippen LogP contribution is -2.28. The van der Waals surface area contributed by atoms with Gasteiger partial charge in [0, 0.05) is 11.6 Å². The number of likely N-dealkylation sites (N-methyl/N-ethyl adjacent to an activating group) is 1. The second-order valence-electron chi connectivity index (χ2n) is 8.09. The number of benzene rings is 3. The van der Waals surface area contributed by atoms with E-state index in [2.05, 4.69) is 27.6 Å². The zero-order chi connectivity index (χ0) is 27.2. The van der Waals surface area contributed by atoms with Gasteiger partial charge in [-0.15, -0.1) is 0 Å². The Hall–Kier alpha value is -3.02. The first kappa shape index (κ1) is 28.0. The molecule has 0 radical (unpaired) electrons. The molecule has 3 aromatic carbocycles. The average Bonchev–Trinajstić information content (AvgIpc) is 3.17. The van der Waals surface area contributed by atoms with Gasteiger partial charge in [0.2, 0.25) is 0 Å². The first-order valence-electron chi connectivity index (χ1n) is 11.8. The molecule has 3 aromatic rings. The van der Waals surface area contributed by atoms with Crippen LogP contribution in [0.5, 0.6) is 11.5 Å². The monoisotopic (exact) mass is 662 g/mol. The normalized spacial score (nSPS) is 15.4. The van der Waals surface area contributed by atoms with Crippen molar-refractivity contribution in [1.82, 2.24) is 4.90 Å². The molecule has 1 N–H and O–H groups in total. The van der Waals surface area contributed by atoms with E-state index in [1.807, 2.05) is 50.2 Å². The van der Waals surface area contributed by atoms with Crippen molar-refractivity contribution in [1.29, 1.82) is 0 Å². The van der Waals surface area contributed by atoms with Crippen molar-refractivity contribution in [3.63, 3.8) is 0 Å². The molecule has 0 unspecified atom stereocenters. The lowest BCUT2D eigenvalue weighted by atomic mass is 10.1. The van der Waals surface area contributed by atoms with Crippen molar-refractivity contribution >= 4 is 74.8 Å². The summed E-state index contributed by atoms with van der Waals surface area (Å²) in [7, 11) is 0. The van der Waals surface area contributed by atoms with Gasteiger partial charge in [0.1, 0.15) is 6.61 Å². The number of carboxylic acid groups (broad SMARTS) is 1. The van der Waals surface area contributed by atoms with Crippen LogP contribution in [-0.2, 0) is 11.4 Å². The molecule has 1 fully saturated rings. The molecule has 0 saturated carbocycles. The number of rotatable bonds is 9. The Morgan fingerprint density at radius 3 is 2.63 bits per heavy atom. The SMILES string of the molecule is CCOc1cc(C=C2SC(=Nc3cccc(C(=O)O)c3)N(CC)C2=O)cc(I)c1OCc1cccc(Cl)c1. The number of amides is 1. The van der Waals surface area contributed by atoms with Crippen LogP contribution in [0.3, 0.4) is 0 Å². The summed E-state index contributed by atoms with van der Waals surface area (Å²) in [6, 6.07) is 17.6. The number of carbonyl (C=O) groups excluding carboxylic acids is 1. The van der Waals surface area contributed by atoms with Crippen LogP contribution in [0.25, 0.3) is 6.08 Å². The fourth-order valence-electron chi connectivity index (χ4n) is 3.70. The summed E-state index contributed by atoms with van der Waals surface area (Å²) >= 11 is 9.54. The van der Waals surface area contributed by atoms with E-state index in [0.29, 0.717) is 52.0 Å². The summed E-state index contributed by atoms with van der Waals surface area (Å²) in [4.78, 5) is 31.1. The molecule has 0 aliphatic carbocycles. The van der Waals surface area contributed by atoms with Gasteiger partial charge < -0.3 is 14.6 Å². The molecular weight excluding hydrogens is 639 g/mol. The van der Waals surface area contributed by atoms with Crippen molar-refractivity contribution in [2.45, 2.75) is 20.5 Å². The van der Waals surface area contributed by atoms with Gasteiger partial charge in [-0.3, -0.25) is 9.69 Å². The molecule has 1 saturated heterocycles. The second kappa shape index (κ2) is 12.7. The summed E-state index contributed by atoms with van der Waals surface area (Å²) in [6.07, 6.45) is 1.80. The van der Waals surface area contributed by atoms with E-state index in [1.54, 1.807) is 23.1 Å². The third-order valence-corrected chi connectivity index (χ3v) is 7.47. The fraction of sp³-hybridized carbons (Fsp3) is 0.179. The van der Waals surface area contributed by atoms with E-state index in [4.69, 9.17) is 21.1 Å². The number of ether oxygens (including phenoxy) is 2. The minimum absolute atomic E-state index is 0.135. The Morgan fingerprint density at radius 2 is 1.92 bits per heavy atom. The summed E-state index contributed by atoms with van der Waals surface area (Å²) in [6.45, 7) is 4.98. The number of halogens is 2. The van der Waals surface area contributed by atoms with Crippen LogP contribution in [-0.4, -0.2) is 40.2 Å². The number of thioether (sulfide) groups is 1. The maximum Gasteiger partial charge on any atom is 0.335 e. The predicted molar refractivity (Wildman–Crippen MR) is 160 cm³/mol. The van der Waals surface area contributed by atoms with Gasteiger partial charge in [-0.2, -0.15) is 0 Å². The molecule has 196 valence electrons. The van der Waals surface area contributed by atoms with E-state index in [1.165, 1.54) is 23.9 Å². The topological polar surface area (TPSA) is 88.4 Å². The molecule has 38 heavy (non-hydrogen) atoms. The van der Waals surface area contributed by atoms with Gasteiger partial charge in [0.25, 0.3) is 5.91 Å². The standard InChI is InChI=1S/C28H24ClIN2O5S/c1-3-32-26(33)24(38-28(32)31-21-10-6-8-19(15-21)27(34)35)14-18-12-22(30)25(23(13-18)36-4-2)37-16-17-7-5-9-20(29)11-17/h5-15H,3-4,16H2,1-2H3,(H,34,35). The summed E-state index contributed by atoms with van der Waals surface area (Å²) < 4.78 is 12.8. The van der Waals surface area contributed by atoms with Gasteiger partial charge in [0.15, 0.2) is 16.7 Å². The number of aliphatic imine (C=N–C) groups is 1. The van der Waals surface area contributed by atoms with Crippen molar-refractivity contribution in [2.24, 2.45) is 4.99 Å². The van der Waals surface area contributed by atoms with Crippen LogP contribution in [0.2, 0.25) is 5.02 Å². The number of aromatic carboxylic acids is 1. The number of carboxylic acids is 1. The largest absolute Gasteiger partial charge is 0.490 e. The van der Waals surface area contributed by atoms with Gasteiger partial charge in [0.05, 0.1) is 26.3 Å². The average molecular weight is 663 g/mol. The zero-order valence-electron chi connectivity index (χ0n) is 20.6. The molecule has 1 aliphatic heterocycles. The Balaban J connectivity index is 1.62. The lowest BCUT2D eigenvalue weighted by Gasteiger charge is -2.15. The molecule has 0 aromatic heterocycles. The van der Waals surface area contributed by atoms with E-state index in [-0.39, 0.29) is 11.5 Å². The van der Waals surface area contributed by atoms with E-state index in [9.17, 15) is 14.7 Å².